The van der Waals surface area contributed by atoms with Crippen LogP contribution >= 0.6 is 0 Å². The van der Waals surface area contributed by atoms with E-state index in [1.54, 1.807) is 0 Å². The molecule has 0 radical (unpaired) electrons. The zero-order valence-electron chi connectivity index (χ0n) is 8.06. The molecule has 1 unspecified atom stereocenters. The largest absolute Gasteiger partial charge is 0.302 e. The molecule has 1 saturated carbocycles. The van der Waals surface area contributed by atoms with Crippen molar-refractivity contribution in [2.24, 2.45) is 5.41 Å². The van der Waals surface area contributed by atoms with Crippen LogP contribution in [0.2, 0.25) is 0 Å². The molecule has 2 nitrogen and oxygen atoms in total. The van der Waals surface area contributed by atoms with Crippen LogP contribution in [0.15, 0.2) is 0 Å². The Labute approximate surface area is 75.0 Å². The van der Waals surface area contributed by atoms with Crippen molar-refractivity contribution in [3.63, 3.8) is 0 Å². The van der Waals surface area contributed by atoms with E-state index in [1.165, 1.54) is 25.7 Å². The lowest BCUT2D eigenvalue weighted by Crippen LogP contribution is -2.42. The number of hydrogen-bond acceptors (Lipinski definition) is 2. The lowest BCUT2D eigenvalue weighted by molar-refractivity contribution is 0.122. The first kappa shape index (κ1) is 9.54. The Kier molecular flexibility index (Phi) is 3.11. The van der Waals surface area contributed by atoms with Gasteiger partial charge in [0.15, 0.2) is 0 Å². The molecule has 0 aromatic rings. The molecule has 1 aliphatic rings. The minimum Gasteiger partial charge on any atom is -0.302 e. The molecule has 0 heterocycles. The molecule has 2 heteroatoms. The second-order valence-corrected chi connectivity index (χ2v) is 3.94. The summed E-state index contributed by atoms with van der Waals surface area (Å²) in [7, 11) is 0. The van der Waals surface area contributed by atoms with Crippen molar-refractivity contribution >= 4 is 0 Å². The summed E-state index contributed by atoms with van der Waals surface area (Å²) in [6, 6.07) is 2.21. The van der Waals surface area contributed by atoms with Gasteiger partial charge in [0, 0.05) is 6.54 Å². The second kappa shape index (κ2) is 3.91. The lowest BCUT2D eigenvalue weighted by Gasteiger charge is -2.41. The van der Waals surface area contributed by atoms with Crippen LogP contribution in [-0.2, 0) is 0 Å². The third-order valence-corrected chi connectivity index (χ3v) is 3.14. The van der Waals surface area contributed by atoms with Crippen LogP contribution in [0.3, 0.4) is 0 Å². The molecule has 12 heavy (non-hydrogen) atoms. The van der Waals surface area contributed by atoms with Crippen LogP contribution in [0, 0.1) is 16.7 Å². The molecule has 1 rings (SSSR count). The van der Waals surface area contributed by atoms with E-state index in [-0.39, 0.29) is 6.04 Å². The van der Waals surface area contributed by atoms with E-state index in [0.29, 0.717) is 5.41 Å². The number of nitrogens with one attached hydrogen (secondary N) is 1. The molecule has 0 spiro atoms. The summed E-state index contributed by atoms with van der Waals surface area (Å²) < 4.78 is 0. The lowest BCUT2D eigenvalue weighted by atomic mass is 9.67. The summed E-state index contributed by atoms with van der Waals surface area (Å²) in [5.74, 6) is 0. The predicted molar refractivity (Wildman–Crippen MR) is 49.7 cm³/mol. The van der Waals surface area contributed by atoms with Crippen molar-refractivity contribution in [2.45, 2.75) is 45.6 Å². The number of nitrogens with zero attached hydrogens (tertiary/aromatic N) is 1. The van der Waals surface area contributed by atoms with E-state index in [2.05, 4.69) is 18.3 Å². The Balaban J connectivity index is 2.25. The number of hydrogen-bond donors (Lipinski definition) is 1. The van der Waals surface area contributed by atoms with E-state index >= 15 is 0 Å². The highest BCUT2D eigenvalue weighted by molar-refractivity contribution is 4.92. The first-order valence-electron chi connectivity index (χ1n) is 4.85. The molecule has 68 valence electrons. The fraction of sp³-hybridized carbons (Fsp3) is 0.900. The summed E-state index contributed by atoms with van der Waals surface area (Å²) in [6.07, 6.45) is 5.30. The molecule has 1 aliphatic carbocycles. The van der Waals surface area contributed by atoms with Crippen molar-refractivity contribution in [3.8, 4) is 6.07 Å². The maximum atomic E-state index is 8.58. The van der Waals surface area contributed by atoms with Crippen molar-refractivity contribution in [1.82, 2.24) is 5.32 Å². The first-order valence-corrected chi connectivity index (χ1v) is 4.85. The van der Waals surface area contributed by atoms with Crippen LogP contribution < -0.4 is 5.32 Å². The van der Waals surface area contributed by atoms with E-state index in [1.807, 2.05) is 6.92 Å². The standard InChI is InChI=1S/C10H18N2/c1-3-10(5-4-6-10)8-12-9(2)7-11/h9,12H,3-6,8H2,1-2H3. The zero-order valence-corrected chi connectivity index (χ0v) is 8.06. The van der Waals surface area contributed by atoms with Crippen LogP contribution in [0.1, 0.15) is 39.5 Å². The summed E-state index contributed by atoms with van der Waals surface area (Å²) in [4.78, 5) is 0. The normalized spacial score (nSPS) is 22.4. The van der Waals surface area contributed by atoms with Crippen LogP contribution in [0.4, 0.5) is 0 Å². The van der Waals surface area contributed by atoms with Gasteiger partial charge < -0.3 is 5.32 Å². The molecule has 1 fully saturated rings. The molecule has 1 atom stereocenters. The van der Waals surface area contributed by atoms with E-state index in [4.69, 9.17) is 5.26 Å². The van der Waals surface area contributed by atoms with Crippen LogP contribution in [0.5, 0.6) is 0 Å². The minimum atomic E-state index is 0.00836. The van der Waals surface area contributed by atoms with Gasteiger partial charge in [-0.1, -0.05) is 13.3 Å². The summed E-state index contributed by atoms with van der Waals surface area (Å²) >= 11 is 0. The average molecular weight is 166 g/mol. The molecular formula is C10H18N2. The third kappa shape index (κ3) is 1.98. The topological polar surface area (TPSA) is 35.8 Å². The smallest absolute Gasteiger partial charge is 0.0924 e. The maximum absolute atomic E-state index is 8.58. The van der Waals surface area contributed by atoms with Gasteiger partial charge in [0.1, 0.15) is 0 Å². The van der Waals surface area contributed by atoms with Gasteiger partial charge in [-0.3, -0.25) is 0 Å². The molecule has 1 N–H and O–H groups in total. The quantitative estimate of drug-likeness (QED) is 0.694. The van der Waals surface area contributed by atoms with E-state index in [0.717, 1.165) is 6.54 Å². The minimum absolute atomic E-state index is 0.00836. The van der Waals surface area contributed by atoms with Gasteiger partial charge in [-0.2, -0.15) is 5.26 Å². The SMILES string of the molecule is CCC1(CNC(C)C#N)CCC1. The Bertz CT molecular complexity index is 171. The molecule has 0 saturated heterocycles. The van der Waals surface area contributed by atoms with Crippen LogP contribution in [-0.4, -0.2) is 12.6 Å². The van der Waals surface area contributed by atoms with Gasteiger partial charge >= 0.3 is 0 Å². The zero-order chi connectivity index (χ0) is 9.03. The Hall–Kier alpha value is -0.550. The van der Waals surface area contributed by atoms with Crippen molar-refractivity contribution < 1.29 is 0 Å². The van der Waals surface area contributed by atoms with Crippen molar-refractivity contribution in [2.75, 3.05) is 6.54 Å². The molecule has 0 aliphatic heterocycles. The summed E-state index contributed by atoms with van der Waals surface area (Å²) in [5.41, 5.74) is 0.533. The Morgan fingerprint density at radius 1 is 1.58 bits per heavy atom. The number of rotatable bonds is 4. The highest BCUT2D eigenvalue weighted by Crippen LogP contribution is 2.43. The van der Waals surface area contributed by atoms with Crippen molar-refractivity contribution in [1.29, 1.82) is 5.26 Å². The fourth-order valence-corrected chi connectivity index (χ4v) is 1.75. The van der Waals surface area contributed by atoms with Gasteiger partial charge in [0.2, 0.25) is 0 Å². The highest BCUT2D eigenvalue weighted by atomic mass is 14.9. The van der Waals surface area contributed by atoms with Crippen molar-refractivity contribution in [3.05, 3.63) is 0 Å². The Morgan fingerprint density at radius 2 is 2.25 bits per heavy atom. The van der Waals surface area contributed by atoms with Gasteiger partial charge in [-0.25, -0.2) is 0 Å². The molecule has 0 aromatic carbocycles. The van der Waals surface area contributed by atoms with Gasteiger partial charge in [0.05, 0.1) is 12.1 Å². The van der Waals surface area contributed by atoms with E-state index < -0.39 is 0 Å². The van der Waals surface area contributed by atoms with E-state index in [9.17, 15) is 0 Å². The maximum Gasteiger partial charge on any atom is 0.0924 e. The third-order valence-electron chi connectivity index (χ3n) is 3.14. The second-order valence-electron chi connectivity index (χ2n) is 3.94. The predicted octanol–water partition coefficient (Wildman–Crippen LogP) is 2.07. The molecule has 0 amide bonds. The number of nitriles is 1. The fourth-order valence-electron chi connectivity index (χ4n) is 1.75. The molecule has 0 bridgehead atoms. The Morgan fingerprint density at radius 3 is 2.58 bits per heavy atom. The van der Waals surface area contributed by atoms with Crippen LogP contribution in [0.25, 0.3) is 0 Å². The molecule has 0 aromatic heterocycles. The molecular weight excluding hydrogens is 148 g/mol. The monoisotopic (exact) mass is 166 g/mol. The summed E-state index contributed by atoms with van der Waals surface area (Å²) in [6.45, 7) is 5.19. The van der Waals surface area contributed by atoms with Gasteiger partial charge in [-0.05, 0) is 31.6 Å². The van der Waals surface area contributed by atoms with Gasteiger partial charge in [0.25, 0.3) is 0 Å². The van der Waals surface area contributed by atoms with Gasteiger partial charge in [-0.15, -0.1) is 0 Å². The highest BCUT2D eigenvalue weighted by Gasteiger charge is 2.34. The first-order chi connectivity index (χ1) is 5.72. The summed E-state index contributed by atoms with van der Waals surface area (Å²) in [5, 5.41) is 11.8. The average Bonchev–Trinajstić information content (AvgIpc) is 2.03.